The van der Waals surface area contributed by atoms with Crippen LogP contribution in [-0.4, -0.2) is 36.3 Å². The van der Waals surface area contributed by atoms with Gasteiger partial charge in [-0.25, -0.2) is 4.98 Å². The summed E-state index contributed by atoms with van der Waals surface area (Å²) in [5, 5.41) is 10.6. The molecule has 1 aliphatic heterocycles. The van der Waals surface area contributed by atoms with Crippen molar-refractivity contribution >= 4 is 11.5 Å². The van der Waals surface area contributed by atoms with Crippen LogP contribution in [-0.2, 0) is 19.1 Å². The normalized spacial score (nSPS) is 14.9. The van der Waals surface area contributed by atoms with E-state index in [0.29, 0.717) is 34.6 Å². The Morgan fingerprint density at radius 2 is 2.04 bits per heavy atom. The molecule has 0 radical (unpaired) electrons. The quantitative estimate of drug-likeness (QED) is 0.706. The molecule has 8 nitrogen and oxygen atoms in total. The minimum Gasteiger partial charge on any atom is -0.350 e. The summed E-state index contributed by atoms with van der Waals surface area (Å²) in [6, 6.07) is 2.97. The minimum absolute atomic E-state index is 0.00278. The predicted molar refractivity (Wildman–Crippen MR) is 75.4 cm³/mol. The Morgan fingerprint density at radius 1 is 1.21 bits per heavy atom. The van der Waals surface area contributed by atoms with Gasteiger partial charge >= 0.3 is 6.18 Å². The van der Waals surface area contributed by atoms with Crippen molar-refractivity contribution in [2.75, 3.05) is 11.4 Å². The third kappa shape index (κ3) is 2.28. The Hall–Kier alpha value is -2.98. The highest BCUT2D eigenvalue weighted by Crippen LogP contribution is 2.28. The van der Waals surface area contributed by atoms with Crippen molar-refractivity contribution in [3.05, 3.63) is 45.9 Å². The topological polar surface area (TPSA) is 92.1 Å². The van der Waals surface area contributed by atoms with Crippen LogP contribution in [0.1, 0.15) is 17.1 Å². The number of halogens is 3. The average Bonchev–Trinajstić information content (AvgIpc) is 2.98. The Balaban J connectivity index is 1.75. The number of aromatic nitrogens is 6. The number of anilines is 1. The van der Waals surface area contributed by atoms with Crippen molar-refractivity contribution in [1.29, 1.82) is 0 Å². The van der Waals surface area contributed by atoms with E-state index in [2.05, 4.69) is 25.3 Å². The summed E-state index contributed by atoms with van der Waals surface area (Å²) in [7, 11) is 0. The number of alkyl halides is 3. The van der Waals surface area contributed by atoms with Gasteiger partial charge in [0.25, 0.3) is 11.4 Å². The number of nitrogens with one attached hydrogen (secondary N) is 1. The number of aromatic amines is 1. The molecule has 0 aliphatic carbocycles. The highest BCUT2D eigenvalue weighted by atomic mass is 19.4. The van der Waals surface area contributed by atoms with Crippen molar-refractivity contribution in [2.24, 2.45) is 0 Å². The van der Waals surface area contributed by atoms with Crippen molar-refractivity contribution in [3.8, 4) is 0 Å². The summed E-state index contributed by atoms with van der Waals surface area (Å²) in [5.41, 5.74) is 0.927. The summed E-state index contributed by atoms with van der Waals surface area (Å²) in [4.78, 5) is 20.2. The van der Waals surface area contributed by atoms with Gasteiger partial charge in [0, 0.05) is 13.0 Å². The van der Waals surface area contributed by atoms with Crippen LogP contribution in [0.5, 0.6) is 0 Å². The summed E-state index contributed by atoms with van der Waals surface area (Å²) in [5.74, 6) is -0.877. The van der Waals surface area contributed by atoms with E-state index in [0.717, 1.165) is 0 Å². The second-order valence-electron chi connectivity index (χ2n) is 5.31. The van der Waals surface area contributed by atoms with Crippen LogP contribution in [0.15, 0.2) is 23.3 Å². The summed E-state index contributed by atoms with van der Waals surface area (Å²) in [6.45, 7) is 0.714. The maximum absolute atomic E-state index is 12.9. The highest BCUT2D eigenvalue weighted by molar-refractivity contribution is 5.47. The zero-order valence-corrected chi connectivity index (χ0v) is 12.1. The first-order valence-corrected chi connectivity index (χ1v) is 7.03. The van der Waals surface area contributed by atoms with Crippen molar-refractivity contribution in [3.63, 3.8) is 0 Å². The first-order chi connectivity index (χ1) is 11.4. The molecule has 0 amide bonds. The zero-order valence-electron chi connectivity index (χ0n) is 12.1. The van der Waals surface area contributed by atoms with Gasteiger partial charge in [-0.1, -0.05) is 0 Å². The fourth-order valence-corrected chi connectivity index (χ4v) is 2.67. The number of H-pyrrole nitrogens is 1. The smallest absolute Gasteiger partial charge is 0.350 e. The van der Waals surface area contributed by atoms with Crippen molar-refractivity contribution in [1.82, 2.24) is 29.8 Å². The van der Waals surface area contributed by atoms with Crippen molar-refractivity contribution < 1.29 is 13.2 Å². The van der Waals surface area contributed by atoms with Crippen molar-refractivity contribution in [2.45, 2.75) is 19.1 Å². The fraction of sp³-hybridized carbons (Fsp3) is 0.308. The van der Waals surface area contributed by atoms with E-state index in [9.17, 15) is 18.0 Å². The summed E-state index contributed by atoms with van der Waals surface area (Å²) in [6.07, 6.45) is -2.80. The monoisotopic (exact) mass is 337 g/mol. The van der Waals surface area contributed by atoms with Crippen LogP contribution < -0.4 is 10.5 Å². The van der Waals surface area contributed by atoms with Gasteiger partial charge in [0.15, 0.2) is 5.65 Å². The molecule has 0 aromatic carbocycles. The Bertz CT molecular complexity index is 978. The number of rotatable bonds is 1. The molecule has 3 aromatic rings. The summed E-state index contributed by atoms with van der Waals surface area (Å²) >= 11 is 0. The lowest BCUT2D eigenvalue weighted by Gasteiger charge is -2.28. The lowest BCUT2D eigenvalue weighted by atomic mass is 10.1. The second-order valence-corrected chi connectivity index (χ2v) is 5.31. The Labute approximate surface area is 132 Å². The lowest BCUT2D eigenvalue weighted by Crippen LogP contribution is -2.36. The van der Waals surface area contributed by atoms with Crippen LogP contribution in [0, 0.1) is 0 Å². The summed E-state index contributed by atoms with van der Waals surface area (Å²) < 4.78 is 39.5. The molecule has 0 saturated heterocycles. The van der Waals surface area contributed by atoms with E-state index in [4.69, 9.17) is 0 Å². The van der Waals surface area contributed by atoms with E-state index in [1.54, 1.807) is 11.0 Å². The lowest BCUT2D eigenvalue weighted by molar-refractivity contribution is -0.146. The first kappa shape index (κ1) is 14.6. The molecule has 1 aliphatic rings. The molecule has 124 valence electrons. The molecule has 0 saturated carbocycles. The van der Waals surface area contributed by atoms with Gasteiger partial charge < -0.3 is 9.88 Å². The number of hydrogen-bond donors (Lipinski definition) is 1. The Kier molecular flexibility index (Phi) is 3.05. The van der Waals surface area contributed by atoms with E-state index in [-0.39, 0.29) is 17.8 Å². The maximum atomic E-state index is 12.9. The molecule has 0 bridgehead atoms. The van der Waals surface area contributed by atoms with E-state index < -0.39 is 12.0 Å². The largest absolute Gasteiger partial charge is 0.453 e. The van der Waals surface area contributed by atoms with Gasteiger partial charge in [0.1, 0.15) is 5.82 Å². The predicted octanol–water partition coefficient (Wildman–Crippen LogP) is 0.789. The van der Waals surface area contributed by atoms with Crippen LogP contribution in [0.3, 0.4) is 0 Å². The molecule has 0 spiro atoms. The zero-order chi connectivity index (χ0) is 16.9. The highest BCUT2D eigenvalue weighted by Gasteiger charge is 2.37. The van der Waals surface area contributed by atoms with E-state index in [1.165, 1.54) is 12.4 Å². The Morgan fingerprint density at radius 3 is 2.83 bits per heavy atom. The number of hydrogen-bond acceptors (Lipinski definition) is 6. The van der Waals surface area contributed by atoms with E-state index in [1.807, 2.05) is 0 Å². The molecule has 1 N–H and O–H groups in total. The van der Waals surface area contributed by atoms with Gasteiger partial charge in [-0.15, -0.1) is 15.3 Å². The fourth-order valence-electron chi connectivity index (χ4n) is 2.67. The van der Waals surface area contributed by atoms with Gasteiger partial charge in [-0.2, -0.15) is 17.7 Å². The van der Waals surface area contributed by atoms with E-state index >= 15 is 0 Å². The minimum atomic E-state index is -4.65. The molecule has 0 unspecified atom stereocenters. The van der Waals surface area contributed by atoms with Crippen LogP contribution in [0.2, 0.25) is 0 Å². The van der Waals surface area contributed by atoms with Crippen LogP contribution in [0.4, 0.5) is 19.0 Å². The molecule has 3 aromatic heterocycles. The molecule has 0 atom stereocenters. The molecule has 11 heteroatoms. The van der Waals surface area contributed by atoms with Gasteiger partial charge in [0.05, 0.1) is 24.1 Å². The third-order valence-electron chi connectivity index (χ3n) is 3.83. The van der Waals surface area contributed by atoms with Gasteiger partial charge in [0.2, 0.25) is 0 Å². The second kappa shape index (κ2) is 5.01. The molecule has 24 heavy (non-hydrogen) atoms. The standard InChI is InChI=1S/C13H10F3N7O/c14-13(15,16)12-20-19-9-1-2-10(21-23(9)12)22-4-3-8-7(5-22)11(24)18-6-17-8/h1-2,6H,3-5H2,(H,17,18,24). The average molecular weight is 337 g/mol. The van der Waals surface area contributed by atoms with Gasteiger partial charge in [-0.3, -0.25) is 4.79 Å². The SMILES string of the molecule is O=c1[nH]cnc2c1CN(c1ccc3nnc(C(F)(F)F)n3n1)CC2. The number of fused-ring (bicyclic) bond motifs is 2. The van der Waals surface area contributed by atoms with Gasteiger partial charge in [-0.05, 0) is 12.1 Å². The van der Waals surface area contributed by atoms with Crippen LogP contribution in [0.25, 0.3) is 5.65 Å². The molecule has 0 fully saturated rings. The van der Waals surface area contributed by atoms with Crippen LogP contribution >= 0.6 is 0 Å². The third-order valence-corrected chi connectivity index (χ3v) is 3.83. The molecular formula is C13H10F3N7O. The maximum Gasteiger partial charge on any atom is 0.453 e. The molecular weight excluding hydrogens is 327 g/mol. The number of nitrogens with zero attached hydrogens (tertiary/aromatic N) is 6. The first-order valence-electron chi connectivity index (χ1n) is 7.03. The molecule has 4 rings (SSSR count). The molecule has 4 heterocycles.